The summed E-state index contributed by atoms with van der Waals surface area (Å²) >= 11 is 5.57. The number of nitro benzene ring substituents is 1. The summed E-state index contributed by atoms with van der Waals surface area (Å²) in [5.41, 5.74) is 2.14. The number of nitrogens with one attached hydrogen (secondary N) is 2. The third-order valence-corrected chi connectivity index (χ3v) is 3.05. The van der Waals surface area contributed by atoms with E-state index in [1.165, 1.54) is 18.3 Å². The van der Waals surface area contributed by atoms with E-state index in [0.29, 0.717) is 12.1 Å². The first kappa shape index (κ1) is 17.5. The first-order chi connectivity index (χ1) is 11.2. The number of anilines is 1. The van der Waals surface area contributed by atoms with E-state index in [2.05, 4.69) is 15.8 Å². The highest BCUT2D eigenvalue weighted by Crippen LogP contribution is 2.34. The molecule has 2 aromatic rings. The molecular formula is C13H8ClF3N4O3. The molecule has 11 heteroatoms. The quantitative estimate of drug-likeness (QED) is 0.494. The number of carbonyl (C=O) groups is 1. The summed E-state index contributed by atoms with van der Waals surface area (Å²) in [7, 11) is 0. The minimum absolute atomic E-state index is 0.0986. The molecule has 1 aromatic heterocycles. The fourth-order valence-corrected chi connectivity index (χ4v) is 1.78. The molecule has 24 heavy (non-hydrogen) atoms. The molecule has 2 N–H and O–H groups in total. The molecule has 0 fully saturated rings. The van der Waals surface area contributed by atoms with Crippen molar-refractivity contribution in [2.75, 3.05) is 5.43 Å². The van der Waals surface area contributed by atoms with Gasteiger partial charge in [0.2, 0.25) is 0 Å². The fraction of sp³-hybridized carbons (Fsp3) is 0.0769. The molecule has 1 aromatic carbocycles. The Hall–Kier alpha value is -2.88. The van der Waals surface area contributed by atoms with Gasteiger partial charge in [-0.05, 0) is 24.3 Å². The number of benzene rings is 1. The van der Waals surface area contributed by atoms with Crippen LogP contribution in [-0.2, 0) is 6.18 Å². The highest BCUT2D eigenvalue weighted by Gasteiger charge is 2.33. The number of nitrogens with zero attached hydrogens (tertiary/aromatic N) is 2. The molecule has 0 bridgehead atoms. The Balaban J connectivity index is 2.18. The molecule has 0 aliphatic carbocycles. The first-order valence-electron chi connectivity index (χ1n) is 6.22. The predicted octanol–water partition coefficient (Wildman–Crippen LogP) is 3.42. The van der Waals surface area contributed by atoms with Gasteiger partial charge in [-0.15, -0.1) is 0 Å². The number of aromatic nitrogens is 1. The molecule has 1 heterocycles. The normalized spacial score (nSPS) is 11.0. The summed E-state index contributed by atoms with van der Waals surface area (Å²) in [6.07, 6.45) is -3.55. The average molecular weight is 361 g/mol. The van der Waals surface area contributed by atoms with Crippen molar-refractivity contribution >= 4 is 28.9 Å². The lowest BCUT2D eigenvalue weighted by molar-refractivity contribution is -0.384. The topological polar surface area (TPSA) is 97.2 Å². The number of carbonyl (C=O) groups excluding carboxylic acids is 1. The molecule has 0 atom stereocenters. The van der Waals surface area contributed by atoms with Crippen molar-refractivity contribution in [2.45, 2.75) is 6.18 Å². The molecular weight excluding hydrogens is 353 g/mol. The molecule has 0 unspecified atom stereocenters. The van der Waals surface area contributed by atoms with Crippen LogP contribution in [-0.4, -0.2) is 15.8 Å². The van der Waals surface area contributed by atoms with Gasteiger partial charge in [-0.3, -0.25) is 25.8 Å². The zero-order valence-electron chi connectivity index (χ0n) is 11.6. The van der Waals surface area contributed by atoms with Crippen molar-refractivity contribution in [3.8, 4) is 0 Å². The second-order valence-electron chi connectivity index (χ2n) is 4.44. The first-order valence-corrected chi connectivity index (χ1v) is 6.60. The molecule has 126 valence electrons. The highest BCUT2D eigenvalue weighted by molar-refractivity contribution is 6.29. The van der Waals surface area contributed by atoms with Crippen LogP contribution in [0.15, 0.2) is 36.5 Å². The second kappa shape index (κ2) is 6.71. The molecule has 0 radical (unpaired) electrons. The van der Waals surface area contributed by atoms with Crippen LogP contribution in [0.5, 0.6) is 0 Å². The van der Waals surface area contributed by atoms with Crippen LogP contribution in [0, 0.1) is 10.1 Å². The van der Waals surface area contributed by atoms with Gasteiger partial charge in [0.05, 0.1) is 16.1 Å². The Bertz CT molecular complexity index is 781. The van der Waals surface area contributed by atoms with E-state index in [4.69, 9.17) is 11.6 Å². The standard InChI is InChI=1S/C13H8ClF3N4O3/c14-11-4-1-7(6-18-11)12(22)20-19-9-3-2-8(13(15,16)17)5-10(9)21(23)24/h1-6,19H,(H,20,22). The van der Waals surface area contributed by atoms with Crippen LogP contribution in [0.25, 0.3) is 0 Å². The maximum absolute atomic E-state index is 12.6. The Morgan fingerprint density at radius 3 is 2.50 bits per heavy atom. The van der Waals surface area contributed by atoms with Crippen LogP contribution < -0.4 is 10.9 Å². The molecule has 2 rings (SSSR count). The van der Waals surface area contributed by atoms with Crippen LogP contribution in [0.3, 0.4) is 0 Å². The van der Waals surface area contributed by atoms with Gasteiger partial charge in [-0.25, -0.2) is 4.98 Å². The van der Waals surface area contributed by atoms with E-state index in [1.54, 1.807) is 0 Å². The molecule has 0 aliphatic heterocycles. The fourth-order valence-electron chi connectivity index (χ4n) is 1.67. The van der Waals surface area contributed by atoms with Crippen LogP contribution in [0.2, 0.25) is 5.15 Å². The lowest BCUT2D eigenvalue weighted by atomic mass is 10.1. The van der Waals surface area contributed by atoms with E-state index in [1.807, 2.05) is 0 Å². The zero-order valence-corrected chi connectivity index (χ0v) is 12.4. The van der Waals surface area contributed by atoms with Gasteiger partial charge in [-0.2, -0.15) is 13.2 Å². The molecule has 7 nitrogen and oxygen atoms in total. The smallest absolute Gasteiger partial charge is 0.292 e. The van der Waals surface area contributed by atoms with Crippen molar-refractivity contribution in [1.82, 2.24) is 10.4 Å². The van der Waals surface area contributed by atoms with Crippen molar-refractivity contribution < 1.29 is 22.9 Å². The molecule has 0 spiro atoms. The number of hydrogen-bond donors (Lipinski definition) is 2. The van der Waals surface area contributed by atoms with Gasteiger partial charge in [0.15, 0.2) is 0 Å². The average Bonchev–Trinajstić information content (AvgIpc) is 2.52. The molecule has 0 saturated heterocycles. The molecule has 0 aliphatic rings. The number of nitro groups is 1. The summed E-state index contributed by atoms with van der Waals surface area (Å²) in [5, 5.41) is 11.1. The lowest BCUT2D eigenvalue weighted by Crippen LogP contribution is -2.29. The predicted molar refractivity (Wildman–Crippen MR) is 78.4 cm³/mol. The Morgan fingerprint density at radius 1 is 1.25 bits per heavy atom. The largest absolute Gasteiger partial charge is 0.416 e. The highest BCUT2D eigenvalue weighted by atomic mass is 35.5. The van der Waals surface area contributed by atoms with Gasteiger partial charge in [0, 0.05) is 12.3 Å². The van der Waals surface area contributed by atoms with Crippen molar-refractivity contribution in [3.05, 3.63) is 62.9 Å². The molecule has 1 amide bonds. The Morgan fingerprint density at radius 2 is 1.96 bits per heavy atom. The second-order valence-corrected chi connectivity index (χ2v) is 4.82. The number of pyridine rings is 1. The number of hydrazine groups is 1. The third-order valence-electron chi connectivity index (χ3n) is 2.82. The lowest BCUT2D eigenvalue weighted by Gasteiger charge is -2.11. The maximum Gasteiger partial charge on any atom is 0.416 e. The van der Waals surface area contributed by atoms with E-state index >= 15 is 0 Å². The van der Waals surface area contributed by atoms with Crippen molar-refractivity contribution in [2.24, 2.45) is 0 Å². The number of halogens is 4. The maximum atomic E-state index is 12.6. The van der Waals surface area contributed by atoms with Crippen LogP contribution >= 0.6 is 11.6 Å². The summed E-state index contributed by atoms with van der Waals surface area (Å²) in [6, 6.07) is 4.59. The number of alkyl halides is 3. The SMILES string of the molecule is O=C(NNc1ccc(C(F)(F)F)cc1[N+](=O)[O-])c1ccc(Cl)nc1. The third kappa shape index (κ3) is 4.10. The van der Waals surface area contributed by atoms with Crippen molar-refractivity contribution in [3.63, 3.8) is 0 Å². The van der Waals surface area contributed by atoms with E-state index in [9.17, 15) is 28.1 Å². The number of amides is 1. The number of hydrogen-bond acceptors (Lipinski definition) is 5. The van der Waals surface area contributed by atoms with Crippen LogP contribution in [0.1, 0.15) is 15.9 Å². The van der Waals surface area contributed by atoms with Crippen molar-refractivity contribution in [1.29, 1.82) is 0 Å². The minimum Gasteiger partial charge on any atom is -0.292 e. The zero-order chi connectivity index (χ0) is 17.9. The Labute approximate surface area is 137 Å². The summed E-state index contributed by atoms with van der Waals surface area (Å²) in [5.74, 6) is -0.701. The monoisotopic (exact) mass is 360 g/mol. The Kier molecular flexibility index (Phi) is 4.88. The van der Waals surface area contributed by atoms with Gasteiger partial charge >= 0.3 is 6.18 Å². The van der Waals surface area contributed by atoms with E-state index in [-0.39, 0.29) is 16.4 Å². The van der Waals surface area contributed by atoms with E-state index < -0.39 is 28.3 Å². The molecule has 0 saturated carbocycles. The van der Waals surface area contributed by atoms with E-state index in [0.717, 1.165) is 6.07 Å². The van der Waals surface area contributed by atoms with Gasteiger partial charge < -0.3 is 0 Å². The van der Waals surface area contributed by atoms with Gasteiger partial charge in [0.1, 0.15) is 10.8 Å². The summed E-state index contributed by atoms with van der Waals surface area (Å²) in [6.45, 7) is 0. The summed E-state index contributed by atoms with van der Waals surface area (Å²) in [4.78, 5) is 25.4. The van der Waals surface area contributed by atoms with Crippen LogP contribution in [0.4, 0.5) is 24.5 Å². The number of rotatable bonds is 4. The summed E-state index contributed by atoms with van der Waals surface area (Å²) < 4.78 is 37.8. The van der Waals surface area contributed by atoms with Gasteiger partial charge in [-0.1, -0.05) is 11.6 Å². The minimum atomic E-state index is -4.72. The van der Waals surface area contributed by atoms with Gasteiger partial charge in [0.25, 0.3) is 11.6 Å².